The highest BCUT2D eigenvalue weighted by Gasteiger charge is 2.22. The number of piperidine rings is 1. The van der Waals surface area contributed by atoms with E-state index in [1.165, 1.54) is 0 Å². The van der Waals surface area contributed by atoms with Crippen LogP contribution in [0.25, 0.3) is 0 Å². The number of amides is 1. The molecule has 1 amide bonds. The minimum Gasteiger partial charge on any atom is -0.495 e. The number of nitrogens with two attached hydrogens (primary N) is 1. The van der Waals surface area contributed by atoms with E-state index in [-0.39, 0.29) is 5.91 Å². The number of methoxy groups -OCH3 is 1. The van der Waals surface area contributed by atoms with Crippen molar-refractivity contribution < 1.29 is 9.53 Å². The summed E-state index contributed by atoms with van der Waals surface area (Å²) >= 11 is 6.02. The zero-order valence-electron chi connectivity index (χ0n) is 16.2. The third kappa shape index (κ3) is 5.25. The van der Waals surface area contributed by atoms with Gasteiger partial charge in [0.05, 0.1) is 12.8 Å². The van der Waals surface area contributed by atoms with Crippen LogP contribution < -0.4 is 20.7 Å². The Bertz CT molecular complexity index is 825. The number of nitrogens with zero attached hydrogens (tertiary/aromatic N) is 3. The molecule has 0 spiro atoms. The Labute approximate surface area is 170 Å². The van der Waals surface area contributed by atoms with Gasteiger partial charge in [0.15, 0.2) is 0 Å². The van der Waals surface area contributed by atoms with Crippen molar-refractivity contribution >= 4 is 35.0 Å². The van der Waals surface area contributed by atoms with Gasteiger partial charge in [0, 0.05) is 36.3 Å². The fourth-order valence-electron chi connectivity index (χ4n) is 3.57. The fourth-order valence-corrected chi connectivity index (χ4v) is 3.74. The SMILES string of the molecule is COc1ccc(Cl)cc1NC(=O)CCC1CCCN(c2cc(C)nc(N)n2)C1. The van der Waals surface area contributed by atoms with Crippen LogP contribution in [-0.2, 0) is 4.79 Å². The van der Waals surface area contributed by atoms with Crippen molar-refractivity contribution in [3.8, 4) is 5.75 Å². The average molecular weight is 404 g/mol. The van der Waals surface area contributed by atoms with Crippen LogP contribution in [0.2, 0.25) is 5.02 Å². The van der Waals surface area contributed by atoms with Crippen molar-refractivity contribution in [1.29, 1.82) is 0 Å². The Balaban J connectivity index is 1.55. The molecule has 3 rings (SSSR count). The third-order valence-electron chi connectivity index (χ3n) is 4.92. The molecule has 1 unspecified atom stereocenters. The van der Waals surface area contributed by atoms with Gasteiger partial charge < -0.3 is 20.7 Å². The quantitative estimate of drug-likeness (QED) is 0.764. The Hall–Kier alpha value is -2.54. The lowest BCUT2D eigenvalue weighted by molar-refractivity contribution is -0.116. The lowest BCUT2D eigenvalue weighted by Gasteiger charge is -2.33. The van der Waals surface area contributed by atoms with E-state index in [1.807, 2.05) is 13.0 Å². The zero-order valence-corrected chi connectivity index (χ0v) is 17.0. The summed E-state index contributed by atoms with van der Waals surface area (Å²) in [6.45, 7) is 3.72. The molecule has 1 aliphatic rings. The van der Waals surface area contributed by atoms with Crippen LogP contribution in [0.3, 0.4) is 0 Å². The molecule has 0 bridgehead atoms. The number of hydrogen-bond acceptors (Lipinski definition) is 6. The van der Waals surface area contributed by atoms with E-state index in [1.54, 1.807) is 25.3 Å². The second-order valence-corrected chi connectivity index (χ2v) is 7.55. The Morgan fingerprint density at radius 3 is 2.96 bits per heavy atom. The molecule has 1 fully saturated rings. The number of nitrogens with one attached hydrogen (secondary N) is 1. The first-order valence-electron chi connectivity index (χ1n) is 9.44. The van der Waals surface area contributed by atoms with Crippen molar-refractivity contribution in [2.24, 2.45) is 5.92 Å². The van der Waals surface area contributed by atoms with Crippen molar-refractivity contribution in [2.45, 2.75) is 32.6 Å². The number of benzene rings is 1. The van der Waals surface area contributed by atoms with Gasteiger partial charge in [-0.15, -0.1) is 0 Å². The van der Waals surface area contributed by atoms with Crippen LogP contribution in [0.4, 0.5) is 17.5 Å². The second kappa shape index (κ2) is 9.10. The van der Waals surface area contributed by atoms with Gasteiger partial charge in [-0.1, -0.05) is 11.6 Å². The van der Waals surface area contributed by atoms with Gasteiger partial charge in [-0.25, -0.2) is 4.98 Å². The molecule has 28 heavy (non-hydrogen) atoms. The molecule has 0 saturated carbocycles. The van der Waals surface area contributed by atoms with E-state index in [0.717, 1.165) is 43.9 Å². The van der Waals surface area contributed by atoms with Crippen molar-refractivity contribution in [1.82, 2.24) is 9.97 Å². The highest BCUT2D eigenvalue weighted by atomic mass is 35.5. The maximum Gasteiger partial charge on any atom is 0.224 e. The highest BCUT2D eigenvalue weighted by Crippen LogP contribution is 2.29. The molecule has 150 valence electrons. The first-order chi connectivity index (χ1) is 13.4. The molecule has 2 heterocycles. The van der Waals surface area contributed by atoms with E-state index in [9.17, 15) is 4.79 Å². The summed E-state index contributed by atoms with van der Waals surface area (Å²) in [5.74, 6) is 2.14. The van der Waals surface area contributed by atoms with Gasteiger partial charge in [0.1, 0.15) is 11.6 Å². The molecule has 1 saturated heterocycles. The van der Waals surface area contributed by atoms with E-state index in [0.29, 0.717) is 34.7 Å². The number of hydrogen-bond donors (Lipinski definition) is 2. The summed E-state index contributed by atoms with van der Waals surface area (Å²) < 4.78 is 5.28. The number of anilines is 3. The van der Waals surface area contributed by atoms with Gasteiger partial charge in [-0.3, -0.25) is 4.79 Å². The lowest BCUT2D eigenvalue weighted by atomic mass is 9.93. The molecule has 1 aromatic heterocycles. The van der Waals surface area contributed by atoms with Crippen molar-refractivity contribution in [2.75, 3.05) is 36.1 Å². The summed E-state index contributed by atoms with van der Waals surface area (Å²) in [7, 11) is 1.57. The first kappa shape index (κ1) is 20.2. The first-order valence-corrected chi connectivity index (χ1v) is 9.82. The predicted molar refractivity (Wildman–Crippen MR) is 112 cm³/mol. The van der Waals surface area contributed by atoms with Crippen LogP contribution in [0.5, 0.6) is 5.75 Å². The van der Waals surface area contributed by atoms with Gasteiger partial charge in [-0.2, -0.15) is 4.98 Å². The minimum atomic E-state index is -0.0418. The van der Waals surface area contributed by atoms with Crippen molar-refractivity contribution in [3.05, 3.63) is 35.0 Å². The number of nitrogen functional groups attached to an aromatic ring is 1. The number of rotatable bonds is 6. The van der Waals surface area contributed by atoms with Gasteiger partial charge in [0.25, 0.3) is 0 Å². The maximum atomic E-state index is 12.4. The molecule has 1 aliphatic heterocycles. The molecular formula is C20H26ClN5O2. The average Bonchev–Trinajstić information content (AvgIpc) is 2.66. The smallest absolute Gasteiger partial charge is 0.224 e. The predicted octanol–water partition coefficient (Wildman–Crippen LogP) is 3.66. The van der Waals surface area contributed by atoms with Crippen molar-refractivity contribution in [3.63, 3.8) is 0 Å². The number of aromatic nitrogens is 2. The molecular weight excluding hydrogens is 378 g/mol. The van der Waals surface area contributed by atoms with Crippen LogP contribution in [-0.4, -0.2) is 36.1 Å². The van der Waals surface area contributed by atoms with Crippen LogP contribution in [0, 0.1) is 12.8 Å². The molecule has 3 N–H and O–H groups in total. The summed E-state index contributed by atoms with van der Waals surface area (Å²) in [6, 6.07) is 7.12. The fraction of sp³-hybridized carbons (Fsp3) is 0.450. The normalized spacial score (nSPS) is 16.7. The molecule has 7 nitrogen and oxygen atoms in total. The molecule has 1 aromatic carbocycles. The molecule has 2 aromatic rings. The Morgan fingerprint density at radius 1 is 1.39 bits per heavy atom. The molecule has 1 atom stereocenters. The third-order valence-corrected chi connectivity index (χ3v) is 5.15. The Morgan fingerprint density at radius 2 is 2.21 bits per heavy atom. The summed E-state index contributed by atoms with van der Waals surface area (Å²) in [4.78, 5) is 23.1. The van der Waals surface area contributed by atoms with E-state index < -0.39 is 0 Å². The largest absolute Gasteiger partial charge is 0.495 e. The number of ether oxygens (including phenoxy) is 1. The lowest BCUT2D eigenvalue weighted by Crippen LogP contribution is -2.36. The molecule has 8 heteroatoms. The van der Waals surface area contributed by atoms with Crippen LogP contribution in [0.15, 0.2) is 24.3 Å². The maximum absolute atomic E-state index is 12.4. The van der Waals surface area contributed by atoms with Crippen LogP contribution in [0.1, 0.15) is 31.4 Å². The number of aryl methyl sites for hydroxylation is 1. The molecule has 0 aliphatic carbocycles. The summed E-state index contributed by atoms with van der Waals surface area (Å²) in [5.41, 5.74) is 7.24. The number of carbonyl (C=O) groups is 1. The van der Waals surface area contributed by atoms with Gasteiger partial charge in [-0.05, 0) is 50.3 Å². The zero-order chi connectivity index (χ0) is 20.1. The summed E-state index contributed by atoms with van der Waals surface area (Å²) in [5, 5.41) is 3.45. The standard InChI is InChI=1S/C20H26ClN5O2/c1-13-10-18(25-20(22)23-13)26-9-3-4-14(12-26)5-8-19(27)24-16-11-15(21)6-7-17(16)28-2/h6-7,10-11,14H,3-5,8-9,12H2,1-2H3,(H,24,27)(H2,22,23,25). The number of carbonyl (C=O) groups excluding carboxylic acids is 1. The highest BCUT2D eigenvalue weighted by molar-refractivity contribution is 6.31. The Kier molecular flexibility index (Phi) is 6.57. The van der Waals surface area contributed by atoms with E-state index in [4.69, 9.17) is 22.1 Å². The van der Waals surface area contributed by atoms with E-state index in [2.05, 4.69) is 20.2 Å². The topological polar surface area (TPSA) is 93.4 Å². The monoisotopic (exact) mass is 403 g/mol. The second-order valence-electron chi connectivity index (χ2n) is 7.11. The summed E-state index contributed by atoms with van der Waals surface area (Å²) in [6.07, 6.45) is 3.42. The minimum absolute atomic E-state index is 0.0418. The van der Waals surface area contributed by atoms with E-state index >= 15 is 0 Å². The van der Waals surface area contributed by atoms with Gasteiger partial charge in [0.2, 0.25) is 11.9 Å². The number of halogens is 1. The molecule has 0 radical (unpaired) electrons. The van der Waals surface area contributed by atoms with Gasteiger partial charge >= 0.3 is 0 Å². The van der Waals surface area contributed by atoms with Crippen LogP contribution >= 0.6 is 11.6 Å².